The predicted octanol–water partition coefficient (Wildman–Crippen LogP) is 4.39. The Labute approximate surface area is 132 Å². The summed E-state index contributed by atoms with van der Waals surface area (Å²) in [7, 11) is 0. The van der Waals surface area contributed by atoms with Gasteiger partial charge in [-0.3, -0.25) is 0 Å². The molecule has 0 aliphatic rings. The molecule has 4 heteroatoms. The normalized spacial score (nSPS) is 11.2. The smallest absolute Gasteiger partial charge is 0.355 e. The van der Waals surface area contributed by atoms with Gasteiger partial charge in [-0.1, -0.05) is 42.0 Å². The van der Waals surface area contributed by atoms with Gasteiger partial charge in [0.15, 0.2) is 5.69 Å². The highest BCUT2D eigenvalue weighted by atomic mass is 16.4. The van der Waals surface area contributed by atoms with Crippen molar-refractivity contribution in [2.75, 3.05) is 0 Å². The van der Waals surface area contributed by atoms with E-state index in [1.165, 1.54) is 0 Å². The van der Waals surface area contributed by atoms with Gasteiger partial charge in [0.05, 0.1) is 11.7 Å². The number of nitrogens with one attached hydrogen (secondary N) is 1. The average molecular weight is 302 g/mol. The van der Waals surface area contributed by atoms with Crippen molar-refractivity contribution in [1.29, 1.82) is 0 Å². The van der Waals surface area contributed by atoms with Gasteiger partial charge in [0.1, 0.15) is 0 Å². The van der Waals surface area contributed by atoms with Gasteiger partial charge in [-0.05, 0) is 24.6 Å². The van der Waals surface area contributed by atoms with E-state index in [4.69, 9.17) is 0 Å². The summed E-state index contributed by atoms with van der Waals surface area (Å²) in [6, 6.07) is 15.7. The Morgan fingerprint density at radius 1 is 1.09 bits per heavy atom. The van der Waals surface area contributed by atoms with E-state index in [-0.39, 0.29) is 5.69 Å². The van der Waals surface area contributed by atoms with Crippen LogP contribution < -0.4 is 0 Å². The number of aromatic amines is 1. The lowest BCUT2D eigenvalue weighted by Crippen LogP contribution is -2.03. The maximum Gasteiger partial charge on any atom is 0.355 e. The summed E-state index contributed by atoms with van der Waals surface area (Å²) < 4.78 is 0. The number of carboxylic acids is 1. The lowest BCUT2D eigenvalue weighted by Gasteiger charge is -2.08. The van der Waals surface area contributed by atoms with Crippen LogP contribution in [0.15, 0.2) is 54.7 Å². The highest BCUT2D eigenvalue weighted by molar-refractivity contribution is 6.17. The van der Waals surface area contributed by atoms with Crippen molar-refractivity contribution >= 4 is 27.8 Å². The predicted molar refractivity (Wildman–Crippen MR) is 90.7 cm³/mol. The maximum absolute atomic E-state index is 11.7. The quantitative estimate of drug-likeness (QED) is 0.577. The van der Waals surface area contributed by atoms with E-state index in [1.807, 2.05) is 49.4 Å². The second-order valence-corrected chi connectivity index (χ2v) is 5.62. The first-order chi connectivity index (χ1) is 11.1. The van der Waals surface area contributed by atoms with Crippen LogP contribution in [0.25, 0.3) is 32.9 Å². The average Bonchev–Trinajstić information content (AvgIpc) is 2.92. The van der Waals surface area contributed by atoms with Crippen LogP contribution in [0.1, 0.15) is 16.1 Å². The molecule has 0 fully saturated rings. The van der Waals surface area contributed by atoms with E-state index >= 15 is 0 Å². The number of nitrogens with zero attached hydrogens (tertiary/aromatic N) is 1. The summed E-state index contributed by atoms with van der Waals surface area (Å²) in [6.07, 6.45) is 1.60. The van der Waals surface area contributed by atoms with Crippen molar-refractivity contribution in [3.8, 4) is 11.1 Å². The number of aryl methyl sites for hydroxylation is 1. The van der Waals surface area contributed by atoms with Gasteiger partial charge >= 0.3 is 5.97 Å². The van der Waals surface area contributed by atoms with E-state index < -0.39 is 5.97 Å². The number of carboxylic acid groups (broad SMARTS) is 1. The highest BCUT2D eigenvalue weighted by Crippen LogP contribution is 2.36. The van der Waals surface area contributed by atoms with E-state index in [1.54, 1.807) is 6.20 Å². The molecule has 0 aliphatic heterocycles. The minimum atomic E-state index is -1.02. The molecule has 4 rings (SSSR count). The number of hydrogen-bond acceptors (Lipinski definition) is 2. The van der Waals surface area contributed by atoms with Gasteiger partial charge < -0.3 is 10.1 Å². The second kappa shape index (κ2) is 4.95. The number of fused-ring (bicyclic) bond motifs is 3. The first-order valence-corrected chi connectivity index (χ1v) is 7.35. The summed E-state index contributed by atoms with van der Waals surface area (Å²) >= 11 is 0. The van der Waals surface area contributed by atoms with Gasteiger partial charge in [-0.15, -0.1) is 0 Å². The molecule has 0 unspecified atom stereocenters. The fourth-order valence-electron chi connectivity index (χ4n) is 3.05. The Balaban J connectivity index is 2.23. The fourth-order valence-corrected chi connectivity index (χ4v) is 3.05. The van der Waals surface area contributed by atoms with E-state index in [9.17, 15) is 9.90 Å². The van der Waals surface area contributed by atoms with Crippen LogP contribution in [-0.2, 0) is 0 Å². The number of pyridine rings is 1. The molecule has 23 heavy (non-hydrogen) atoms. The Bertz CT molecular complexity index is 1050. The van der Waals surface area contributed by atoms with Crippen LogP contribution in [0.4, 0.5) is 0 Å². The Morgan fingerprint density at radius 2 is 1.87 bits per heavy atom. The number of carbonyl (C=O) groups is 1. The van der Waals surface area contributed by atoms with Gasteiger partial charge in [-0.2, -0.15) is 0 Å². The van der Waals surface area contributed by atoms with Crippen molar-refractivity contribution in [2.24, 2.45) is 0 Å². The van der Waals surface area contributed by atoms with Gasteiger partial charge in [-0.25, -0.2) is 9.78 Å². The van der Waals surface area contributed by atoms with Crippen LogP contribution in [0.5, 0.6) is 0 Å². The molecule has 4 nitrogen and oxygen atoms in total. The zero-order valence-electron chi connectivity index (χ0n) is 12.5. The third kappa shape index (κ3) is 2.07. The topological polar surface area (TPSA) is 66.0 Å². The van der Waals surface area contributed by atoms with Crippen LogP contribution >= 0.6 is 0 Å². The van der Waals surface area contributed by atoms with Crippen molar-refractivity contribution in [3.05, 3.63) is 66.0 Å². The highest BCUT2D eigenvalue weighted by Gasteiger charge is 2.19. The number of hydrogen-bond donors (Lipinski definition) is 2. The molecule has 4 aromatic rings. The third-order valence-electron chi connectivity index (χ3n) is 4.06. The molecule has 0 atom stereocenters. The van der Waals surface area contributed by atoms with Crippen molar-refractivity contribution in [1.82, 2.24) is 9.97 Å². The first-order valence-electron chi connectivity index (χ1n) is 7.35. The summed E-state index contributed by atoms with van der Waals surface area (Å²) in [4.78, 5) is 19.2. The lowest BCUT2D eigenvalue weighted by molar-refractivity contribution is 0.0691. The minimum absolute atomic E-state index is 0.0751. The van der Waals surface area contributed by atoms with Crippen molar-refractivity contribution in [2.45, 2.75) is 6.92 Å². The molecular weight excluding hydrogens is 288 g/mol. The largest absolute Gasteiger partial charge is 0.476 e. The number of benzene rings is 2. The molecule has 0 bridgehead atoms. The van der Waals surface area contributed by atoms with Gasteiger partial charge in [0, 0.05) is 21.9 Å². The summed E-state index contributed by atoms with van der Waals surface area (Å²) in [5, 5.41) is 11.5. The van der Waals surface area contributed by atoms with Crippen LogP contribution in [0.3, 0.4) is 0 Å². The molecular formula is C19H14N2O2. The van der Waals surface area contributed by atoms with E-state index in [0.29, 0.717) is 5.56 Å². The number of aromatic carboxylic acids is 1. The maximum atomic E-state index is 11.7. The number of rotatable bonds is 2. The number of aromatic nitrogens is 2. The summed E-state index contributed by atoms with van der Waals surface area (Å²) in [6.45, 7) is 2.03. The Hall–Kier alpha value is -3.14. The molecule has 0 aliphatic carbocycles. The molecule has 0 spiro atoms. The van der Waals surface area contributed by atoms with E-state index in [2.05, 4.69) is 16.0 Å². The minimum Gasteiger partial charge on any atom is -0.476 e. The SMILES string of the molecule is Cc1ccc2[nH]c3cnc(C(=O)O)c(-c4ccccc4)c3c2c1. The first kappa shape index (κ1) is 13.5. The molecule has 0 radical (unpaired) electrons. The third-order valence-corrected chi connectivity index (χ3v) is 4.06. The number of H-pyrrole nitrogens is 1. The molecule has 2 aromatic heterocycles. The molecule has 0 amide bonds. The molecule has 2 heterocycles. The van der Waals surface area contributed by atoms with Crippen molar-refractivity contribution in [3.63, 3.8) is 0 Å². The van der Waals surface area contributed by atoms with Crippen molar-refractivity contribution < 1.29 is 9.90 Å². The molecule has 2 N–H and O–H groups in total. The molecule has 112 valence electrons. The molecule has 0 saturated heterocycles. The summed E-state index contributed by atoms with van der Waals surface area (Å²) in [5.41, 5.74) is 4.54. The van der Waals surface area contributed by atoms with Crippen LogP contribution in [0.2, 0.25) is 0 Å². The molecule has 0 saturated carbocycles. The van der Waals surface area contributed by atoms with Crippen LogP contribution in [0, 0.1) is 6.92 Å². The zero-order valence-corrected chi connectivity index (χ0v) is 12.5. The van der Waals surface area contributed by atoms with Gasteiger partial charge in [0.2, 0.25) is 0 Å². The fraction of sp³-hybridized carbons (Fsp3) is 0.0526. The van der Waals surface area contributed by atoms with E-state index in [0.717, 1.165) is 32.9 Å². The molecule has 2 aromatic carbocycles. The zero-order chi connectivity index (χ0) is 16.0. The van der Waals surface area contributed by atoms with Gasteiger partial charge in [0.25, 0.3) is 0 Å². The second-order valence-electron chi connectivity index (χ2n) is 5.62. The standard InChI is InChI=1S/C19H14N2O2/c1-11-7-8-14-13(9-11)17-15(21-14)10-20-18(19(22)23)16(17)12-5-3-2-4-6-12/h2-10,21H,1H3,(H,22,23). The lowest BCUT2D eigenvalue weighted by atomic mass is 9.97. The Kier molecular flexibility index (Phi) is 2.91. The summed E-state index contributed by atoms with van der Waals surface area (Å²) in [5.74, 6) is -1.02. The van der Waals surface area contributed by atoms with Crippen LogP contribution in [-0.4, -0.2) is 21.0 Å². The monoisotopic (exact) mass is 302 g/mol. The Morgan fingerprint density at radius 3 is 2.61 bits per heavy atom.